The molecule has 1 aliphatic rings. The predicted octanol–water partition coefficient (Wildman–Crippen LogP) is 0.0651. The molecule has 0 aromatic heterocycles. The number of carbonyl (C=O) groups excluding carboxylic acids is 2. The van der Waals surface area contributed by atoms with Crippen LogP contribution in [0.4, 0.5) is 4.79 Å². The van der Waals surface area contributed by atoms with Crippen molar-refractivity contribution in [1.29, 1.82) is 0 Å². The molecule has 0 aromatic rings. The molecule has 1 aliphatic heterocycles. The Morgan fingerprint density at radius 3 is 2.53 bits per heavy atom. The standard InChI is InChI=1S/C9H16N2O4/c1-9(2,3)15-8(13)11-5-14-4-6(11)7(10)12/h6H,4-5H2,1-3H3,(H2,10,12)/t6-/m0/s1. The second-order valence-electron chi connectivity index (χ2n) is 4.37. The van der Waals surface area contributed by atoms with Crippen molar-refractivity contribution in [1.82, 2.24) is 4.90 Å². The average molecular weight is 216 g/mol. The zero-order valence-corrected chi connectivity index (χ0v) is 9.15. The van der Waals surface area contributed by atoms with Crippen molar-refractivity contribution in [3.8, 4) is 0 Å². The highest BCUT2D eigenvalue weighted by atomic mass is 16.6. The Hall–Kier alpha value is -1.30. The third kappa shape index (κ3) is 3.09. The molecule has 1 saturated heterocycles. The molecular formula is C9H16N2O4. The molecule has 0 aromatic carbocycles. The first-order valence-corrected chi connectivity index (χ1v) is 4.68. The topological polar surface area (TPSA) is 81.9 Å². The maximum Gasteiger partial charge on any atom is 0.412 e. The van der Waals surface area contributed by atoms with Gasteiger partial charge in [-0.05, 0) is 20.8 Å². The van der Waals surface area contributed by atoms with Crippen molar-refractivity contribution in [3.63, 3.8) is 0 Å². The monoisotopic (exact) mass is 216 g/mol. The van der Waals surface area contributed by atoms with Crippen LogP contribution in [-0.2, 0) is 14.3 Å². The Morgan fingerprint density at radius 2 is 2.07 bits per heavy atom. The van der Waals surface area contributed by atoms with E-state index in [1.807, 2.05) is 0 Å². The molecule has 15 heavy (non-hydrogen) atoms. The third-order valence-corrected chi connectivity index (χ3v) is 1.84. The van der Waals surface area contributed by atoms with Gasteiger partial charge in [0, 0.05) is 0 Å². The molecule has 1 atom stereocenters. The van der Waals surface area contributed by atoms with Gasteiger partial charge >= 0.3 is 6.09 Å². The molecule has 1 rings (SSSR count). The molecule has 86 valence electrons. The summed E-state index contributed by atoms with van der Waals surface area (Å²) in [5, 5.41) is 0. The van der Waals surface area contributed by atoms with E-state index in [1.54, 1.807) is 20.8 Å². The average Bonchev–Trinajstić information content (AvgIpc) is 2.47. The fourth-order valence-electron chi connectivity index (χ4n) is 1.18. The van der Waals surface area contributed by atoms with E-state index in [0.717, 1.165) is 0 Å². The van der Waals surface area contributed by atoms with Gasteiger partial charge in [-0.3, -0.25) is 9.69 Å². The number of ether oxygens (including phenoxy) is 2. The molecule has 0 spiro atoms. The number of primary amides is 1. The lowest BCUT2D eigenvalue weighted by molar-refractivity contribution is -0.121. The summed E-state index contributed by atoms with van der Waals surface area (Å²) in [5.74, 6) is -0.585. The lowest BCUT2D eigenvalue weighted by atomic mass is 10.2. The van der Waals surface area contributed by atoms with Gasteiger partial charge in [-0.2, -0.15) is 0 Å². The van der Waals surface area contributed by atoms with Crippen molar-refractivity contribution in [3.05, 3.63) is 0 Å². The molecule has 1 heterocycles. The van der Waals surface area contributed by atoms with Gasteiger partial charge in [0.15, 0.2) is 0 Å². The van der Waals surface area contributed by atoms with Crippen LogP contribution in [0.15, 0.2) is 0 Å². The van der Waals surface area contributed by atoms with Crippen molar-refractivity contribution < 1.29 is 19.1 Å². The first-order valence-electron chi connectivity index (χ1n) is 4.68. The first-order chi connectivity index (χ1) is 6.81. The van der Waals surface area contributed by atoms with Crippen LogP contribution in [0, 0.1) is 0 Å². The number of nitrogens with two attached hydrogens (primary N) is 1. The van der Waals surface area contributed by atoms with Gasteiger partial charge in [0.25, 0.3) is 0 Å². The second kappa shape index (κ2) is 4.06. The van der Waals surface area contributed by atoms with Crippen LogP contribution >= 0.6 is 0 Å². The summed E-state index contributed by atoms with van der Waals surface area (Å²) in [6, 6.07) is -0.722. The fraction of sp³-hybridized carbons (Fsp3) is 0.778. The number of nitrogens with zero attached hydrogens (tertiary/aromatic N) is 1. The first kappa shape index (κ1) is 11.8. The third-order valence-electron chi connectivity index (χ3n) is 1.84. The molecule has 0 radical (unpaired) electrons. The summed E-state index contributed by atoms with van der Waals surface area (Å²) in [5.41, 5.74) is 4.53. The smallest absolute Gasteiger partial charge is 0.412 e. The van der Waals surface area contributed by atoms with Crippen molar-refractivity contribution in [2.75, 3.05) is 13.3 Å². The van der Waals surface area contributed by atoms with Crippen LogP contribution in [0.1, 0.15) is 20.8 Å². The molecule has 0 aliphatic carbocycles. The van der Waals surface area contributed by atoms with Crippen molar-refractivity contribution in [2.45, 2.75) is 32.4 Å². The number of hydrogen-bond donors (Lipinski definition) is 1. The Bertz CT molecular complexity index is 272. The van der Waals surface area contributed by atoms with E-state index < -0.39 is 23.6 Å². The van der Waals surface area contributed by atoms with E-state index in [2.05, 4.69) is 0 Å². The van der Waals surface area contributed by atoms with Gasteiger partial charge < -0.3 is 15.2 Å². The van der Waals surface area contributed by atoms with Gasteiger partial charge in [0.1, 0.15) is 18.4 Å². The summed E-state index contributed by atoms with van der Waals surface area (Å²) in [6.07, 6.45) is -0.580. The van der Waals surface area contributed by atoms with Gasteiger partial charge in [-0.1, -0.05) is 0 Å². The molecule has 0 saturated carbocycles. The highest BCUT2D eigenvalue weighted by molar-refractivity contribution is 5.84. The predicted molar refractivity (Wildman–Crippen MR) is 51.9 cm³/mol. The maximum absolute atomic E-state index is 11.6. The fourth-order valence-corrected chi connectivity index (χ4v) is 1.18. The number of amides is 2. The summed E-state index contributed by atoms with van der Waals surface area (Å²) < 4.78 is 10.1. The van der Waals surface area contributed by atoms with Crippen LogP contribution in [-0.4, -0.2) is 41.9 Å². The molecule has 2 amide bonds. The van der Waals surface area contributed by atoms with Gasteiger partial charge in [-0.25, -0.2) is 4.79 Å². The largest absolute Gasteiger partial charge is 0.444 e. The lowest BCUT2D eigenvalue weighted by Gasteiger charge is -2.25. The minimum atomic E-state index is -0.722. The van der Waals surface area contributed by atoms with Crippen molar-refractivity contribution in [2.24, 2.45) is 5.73 Å². The van der Waals surface area contributed by atoms with E-state index in [-0.39, 0.29) is 13.3 Å². The maximum atomic E-state index is 11.6. The Labute approximate surface area is 88.3 Å². The van der Waals surface area contributed by atoms with Crippen molar-refractivity contribution >= 4 is 12.0 Å². The van der Waals surface area contributed by atoms with E-state index >= 15 is 0 Å². The Morgan fingerprint density at radius 1 is 1.47 bits per heavy atom. The molecular weight excluding hydrogens is 200 g/mol. The van der Waals surface area contributed by atoms with E-state index in [9.17, 15) is 9.59 Å². The SMILES string of the molecule is CC(C)(C)OC(=O)N1COC[C@H]1C(N)=O. The van der Waals surface area contributed by atoms with E-state index in [1.165, 1.54) is 4.90 Å². The van der Waals surface area contributed by atoms with Crippen LogP contribution in [0.25, 0.3) is 0 Å². The molecule has 6 heteroatoms. The van der Waals surface area contributed by atoms with E-state index in [4.69, 9.17) is 15.2 Å². The van der Waals surface area contributed by atoms with Crippen LogP contribution in [0.5, 0.6) is 0 Å². The second-order valence-corrected chi connectivity index (χ2v) is 4.37. The number of carbonyl (C=O) groups is 2. The Kier molecular flexibility index (Phi) is 3.18. The highest BCUT2D eigenvalue weighted by Gasteiger charge is 2.36. The Balaban J connectivity index is 2.63. The molecule has 0 bridgehead atoms. The normalized spacial score (nSPS) is 21.5. The minimum absolute atomic E-state index is 0.0442. The minimum Gasteiger partial charge on any atom is -0.444 e. The zero-order valence-electron chi connectivity index (χ0n) is 9.15. The van der Waals surface area contributed by atoms with Crippen LogP contribution in [0.3, 0.4) is 0 Å². The molecule has 2 N–H and O–H groups in total. The summed E-state index contributed by atoms with van der Waals surface area (Å²) in [6.45, 7) is 5.43. The van der Waals surface area contributed by atoms with Crippen LogP contribution in [0.2, 0.25) is 0 Å². The quantitative estimate of drug-likeness (QED) is 0.672. The molecule has 1 fully saturated rings. The summed E-state index contributed by atoms with van der Waals surface area (Å²) >= 11 is 0. The number of rotatable bonds is 1. The number of hydrogen-bond acceptors (Lipinski definition) is 4. The van der Waals surface area contributed by atoms with Gasteiger partial charge in [-0.15, -0.1) is 0 Å². The summed E-state index contributed by atoms with van der Waals surface area (Å²) in [7, 11) is 0. The molecule has 0 unspecified atom stereocenters. The van der Waals surface area contributed by atoms with Gasteiger partial charge in [0.05, 0.1) is 6.61 Å². The highest BCUT2D eigenvalue weighted by Crippen LogP contribution is 2.15. The lowest BCUT2D eigenvalue weighted by Crippen LogP contribution is -2.46. The van der Waals surface area contributed by atoms with E-state index in [0.29, 0.717) is 0 Å². The molecule has 6 nitrogen and oxygen atoms in total. The van der Waals surface area contributed by atoms with Gasteiger partial charge in [0.2, 0.25) is 5.91 Å². The van der Waals surface area contributed by atoms with Crippen LogP contribution < -0.4 is 5.73 Å². The summed E-state index contributed by atoms with van der Waals surface area (Å²) in [4.78, 5) is 23.8. The zero-order chi connectivity index (χ0) is 11.6.